The summed E-state index contributed by atoms with van der Waals surface area (Å²) in [5.74, 6) is 0.433. The Morgan fingerprint density at radius 1 is 1.11 bits per heavy atom. The predicted octanol–water partition coefficient (Wildman–Crippen LogP) is 5.15. The van der Waals surface area contributed by atoms with Crippen LogP contribution in [0.15, 0.2) is 36.4 Å². The van der Waals surface area contributed by atoms with Gasteiger partial charge < -0.3 is 10.1 Å². The summed E-state index contributed by atoms with van der Waals surface area (Å²) in [5, 5.41) is 5.04. The molecule has 0 bridgehead atoms. The van der Waals surface area contributed by atoms with E-state index in [4.69, 9.17) is 27.9 Å². The molecule has 2 aromatic carbocycles. The van der Waals surface area contributed by atoms with E-state index < -0.39 is 16.3 Å². The second kappa shape index (κ2) is 8.02. The first-order chi connectivity index (χ1) is 13.2. The van der Waals surface area contributed by atoms with E-state index in [0.717, 1.165) is 28.9 Å². The summed E-state index contributed by atoms with van der Waals surface area (Å²) in [6, 6.07) is 10.1. The quantitative estimate of drug-likeness (QED) is 0.657. The van der Waals surface area contributed by atoms with Crippen LogP contribution in [-0.2, 0) is 0 Å². The third kappa shape index (κ3) is 4.78. The highest BCUT2D eigenvalue weighted by atomic mass is 35.5. The molecule has 1 atom stereocenters. The number of alkyl halides is 2. The molecule has 1 saturated carbocycles. The number of benzene rings is 2. The van der Waals surface area contributed by atoms with Gasteiger partial charge in [-0.05, 0) is 62.1 Å². The molecule has 28 heavy (non-hydrogen) atoms. The van der Waals surface area contributed by atoms with Crippen molar-refractivity contribution in [2.24, 2.45) is 5.92 Å². The first kappa shape index (κ1) is 20.5. The molecular weight excluding hydrogens is 399 g/mol. The van der Waals surface area contributed by atoms with E-state index in [-0.39, 0.29) is 5.92 Å². The minimum absolute atomic E-state index is 0.130. The van der Waals surface area contributed by atoms with Crippen molar-refractivity contribution >= 4 is 40.8 Å². The normalized spacial score (nSPS) is 17.0. The van der Waals surface area contributed by atoms with Crippen molar-refractivity contribution in [2.45, 2.75) is 31.5 Å². The lowest BCUT2D eigenvalue weighted by Crippen LogP contribution is -2.34. The van der Waals surface area contributed by atoms with Crippen LogP contribution in [0.25, 0.3) is 0 Å². The molecule has 1 aliphatic carbocycles. The number of nitrogens with one attached hydrogen (secondary N) is 2. The molecule has 0 aliphatic heterocycles. The Morgan fingerprint density at radius 3 is 2.29 bits per heavy atom. The maximum absolute atomic E-state index is 12.2. The molecule has 7 heteroatoms. The number of carbonyl (C=O) groups excluding carboxylic acids is 2. The highest BCUT2D eigenvalue weighted by molar-refractivity contribution is 6.50. The van der Waals surface area contributed by atoms with Crippen molar-refractivity contribution in [1.29, 1.82) is 0 Å². The van der Waals surface area contributed by atoms with Crippen LogP contribution in [0.5, 0.6) is 5.75 Å². The number of imide groups is 1. The maximum Gasteiger partial charge on any atom is 0.326 e. The van der Waals surface area contributed by atoms with Crippen LogP contribution >= 0.6 is 23.2 Å². The second-order valence-corrected chi connectivity index (χ2v) is 8.68. The number of hydrogen-bond donors (Lipinski definition) is 2. The molecule has 5 nitrogen and oxygen atoms in total. The fraction of sp³-hybridized carbons (Fsp3) is 0.333. The highest BCUT2D eigenvalue weighted by Gasteiger charge is 2.52. The maximum atomic E-state index is 12.2. The first-order valence-corrected chi connectivity index (χ1v) is 9.73. The number of amides is 3. The van der Waals surface area contributed by atoms with Gasteiger partial charge in [-0.3, -0.25) is 10.1 Å². The Bertz CT molecular complexity index is 905. The zero-order chi connectivity index (χ0) is 20.5. The molecular formula is C21H22Cl2N2O3. The molecule has 2 aromatic rings. The number of anilines is 1. The fourth-order valence-corrected chi connectivity index (χ4v) is 3.54. The van der Waals surface area contributed by atoms with Gasteiger partial charge in [0.2, 0.25) is 0 Å². The van der Waals surface area contributed by atoms with E-state index in [1.165, 1.54) is 0 Å². The molecule has 148 valence electrons. The van der Waals surface area contributed by atoms with Crippen LogP contribution in [0.4, 0.5) is 10.5 Å². The molecule has 3 amide bonds. The smallest absolute Gasteiger partial charge is 0.326 e. The van der Waals surface area contributed by atoms with Crippen molar-refractivity contribution in [2.75, 3.05) is 11.9 Å². The topological polar surface area (TPSA) is 67.4 Å². The van der Waals surface area contributed by atoms with Gasteiger partial charge in [-0.25, -0.2) is 4.79 Å². The molecule has 0 radical (unpaired) electrons. The first-order valence-electron chi connectivity index (χ1n) is 8.97. The molecule has 0 saturated heterocycles. The van der Waals surface area contributed by atoms with Gasteiger partial charge in [-0.1, -0.05) is 18.2 Å². The molecule has 1 aliphatic rings. The van der Waals surface area contributed by atoms with Gasteiger partial charge in [0, 0.05) is 17.2 Å². The molecule has 0 spiro atoms. The highest BCUT2D eigenvalue weighted by Crippen LogP contribution is 2.53. The zero-order valence-electron chi connectivity index (χ0n) is 15.9. The van der Waals surface area contributed by atoms with Gasteiger partial charge in [0.15, 0.2) is 0 Å². The van der Waals surface area contributed by atoms with E-state index in [9.17, 15) is 9.59 Å². The third-order valence-electron chi connectivity index (χ3n) is 4.72. The standard InChI is InChI=1S/C21H22Cl2N2O3/c1-12-6-4-5-7-17(12)19(26)25-20(27)24-16-8-13(2)18(14(3)9-16)28-11-15-10-21(15,22)23/h4-9,15H,10-11H2,1-3H3,(H2,24,25,26,27). The van der Waals surface area contributed by atoms with Gasteiger partial charge in [0.05, 0.1) is 6.61 Å². The number of aryl methyl sites for hydroxylation is 3. The number of halogens is 2. The van der Waals surface area contributed by atoms with E-state index in [1.807, 2.05) is 32.9 Å². The van der Waals surface area contributed by atoms with E-state index in [2.05, 4.69) is 10.6 Å². The molecule has 1 unspecified atom stereocenters. The van der Waals surface area contributed by atoms with Gasteiger partial charge in [0.1, 0.15) is 10.1 Å². The summed E-state index contributed by atoms with van der Waals surface area (Å²) in [5.41, 5.74) is 3.58. The lowest BCUT2D eigenvalue weighted by atomic mass is 10.1. The monoisotopic (exact) mass is 420 g/mol. The summed E-state index contributed by atoms with van der Waals surface area (Å²) in [7, 11) is 0. The Kier molecular flexibility index (Phi) is 5.87. The summed E-state index contributed by atoms with van der Waals surface area (Å²) < 4.78 is 5.20. The summed E-state index contributed by atoms with van der Waals surface area (Å²) in [6.07, 6.45) is 0.725. The van der Waals surface area contributed by atoms with Crippen LogP contribution in [0, 0.1) is 26.7 Å². The van der Waals surface area contributed by atoms with Crippen molar-refractivity contribution < 1.29 is 14.3 Å². The lowest BCUT2D eigenvalue weighted by Gasteiger charge is -2.15. The Balaban J connectivity index is 1.61. The molecule has 2 N–H and O–H groups in total. The minimum atomic E-state index is -0.676. The van der Waals surface area contributed by atoms with Crippen molar-refractivity contribution in [1.82, 2.24) is 5.32 Å². The Morgan fingerprint density at radius 2 is 1.71 bits per heavy atom. The zero-order valence-corrected chi connectivity index (χ0v) is 17.4. The Hall–Kier alpha value is -2.24. The minimum Gasteiger partial charge on any atom is -0.493 e. The number of urea groups is 1. The van der Waals surface area contributed by atoms with E-state index in [0.29, 0.717) is 17.9 Å². The van der Waals surface area contributed by atoms with Crippen LogP contribution in [-0.4, -0.2) is 22.9 Å². The van der Waals surface area contributed by atoms with Gasteiger partial charge in [0.25, 0.3) is 5.91 Å². The van der Waals surface area contributed by atoms with Crippen molar-refractivity contribution in [3.8, 4) is 5.75 Å². The largest absolute Gasteiger partial charge is 0.493 e. The number of hydrogen-bond acceptors (Lipinski definition) is 3. The summed E-state index contributed by atoms with van der Waals surface area (Å²) in [4.78, 5) is 24.5. The molecule has 3 rings (SSSR count). The number of rotatable bonds is 5. The van der Waals surface area contributed by atoms with E-state index >= 15 is 0 Å². The van der Waals surface area contributed by atoms with Crippen molar-refractivity contribution in [3.05, 3.63) is 58.7 Å². The van der Waals surface area contributed by atoms with Crippen LogP contribution < -0.4 is 15.4 Å². The lowest BCUT2D eigenvalue weighted by molar-refractivity contribution is 0.0966. The second-order valence-electron chi connectivity index (χ2n) is 7.14. The SMILES string of the molecule is Cc1ccccc1C(=O)NC(=O)Nc1cc(C)c(OCC2CC2(Cl)Cl)c(C)c1. The van der Waals surface area contributed by atoms with Gasteiger partial charge in [-0.2, -0.15) is 0 Å². The predicted molar refractivity (Wildman–Crippen MR) is 112 cm³/mol. The molecule has 0 aromatic heterocycles. The number of ether oxygens (including phenoxy) is 1. The average Bonchev–Trinajstić information content (AvgIpc) is 3.21. The van der Waals surface area contributed by atoms with Crippen LogP contribution in [0.1, 0.15) is 33.5 Å². The average molecular weight is 421 g/mol. The third-order valence-corrected chi connectivity index (χ3v) is 5.65. The van der Waals surface area contributed by atoms with Crippen LogP contribution in [0.3, 0.4) is 0 Å². The molecule has 0 heterocycles. The summed E-state index contributed by atoms with van der Waals surface area (Å²) >= 11 is 12.1. The van der Waals surface area contributed by atoms with Crippen LogP contribution in [0.2, 0.25) is 0 Å². The Labute approximate surface area is 174 Å². The van der Waals surface area contributed by atoms with Gasteiger partial charge >= 0.3 is 6.03 Å². The number of carbonyl (C=O) groups is 2. The molecule has 1 fully saturated rings. The summed E-state index contributed by atoms with van der Waals surface area (Å²) in [6.45, 7) is 6.06. The van der Waals surface area contributed by atoms with Crippen molar-refractivity contribution in [3.63, 3.8) is 0 Å². The van der Waals surface area contributed by atoms with Gasteiger partial charge in [-0.15, -0.1) is 23.2 Å². The fourth-order valence-electron chi connectivity index (χ4n) is 3.04. The van der Waals surface area contributed by atoms with E-state index in [1.54, 1.807) is 24.3 Å².